The summed E-state index contributed by atoms with van der Waals surface area (Å²) in [5.41, 5.74) is 2.93. The molecule has 0 unspecified atom stereocenters. The lowest BCUT2D eigenvalue weighted by Gasteiger charge is -2.22. The van der Waals surface area contributed by atoms with Crippen LogP contribution in [0.2, 0.25) is 0 Å². The first-order chi connectivity index (χ1) is 12.7. The van der Waals surface area contributed by atoms with Gasteiger partial charge in [0.1, 0.15) is 6.54 Å². The first-order valence-electron chi connectivity index (χ1n) is 8.70. The Kier molecular flexibility index (Phi) is 5.06. The van der Waals surface area contributed by atoms with Gasteiger partial charge in [-0.2, -0.15) is 0 Å². The molecule has 0 radical (unpaired) electrons. The van der Waals surface area contributed by atoms with E-state index in [1.165, 1.54) is 17.9 Å². The van der Waals surface area contributed by atoms with Crippen LogP contribution in [0.5, 0.6) is 0 Å². The van der Waals surface area contributed by atoms with Gasteiger partial charge in [0, 0.05) is 12.1 Å². The smallest absolute Gasteiger partial charge is 0.244 e. The Hall–Kier alpha value is -2.67. The normalized spacial score (nSPS) is 18.6. The molecule has 1 aliphatic heterocycles. The molecule has 142 valence electrons. The molecule has 2 amide bonds. The number of hydrogen-bond donors (Lipinski definition) is 1. The van der Waals surface area contributed by atoms with Gasteiger partial charge in [-0.15, -0.1) is 0 Å². The van der Waals surface area contributed by atoms with Crippen LogP contribution in [0.1, 0.15) is 24.5 Å². The zero-order valence-electron chi connectivity index (χ0n) is 15.5. The molecule has 1 heterocycles. The number of benzene rings is 2. The lowest BCUT2D eigenvalue weighted by molar-refractivity contribution is -0.121. The Morgan fingerprint density at radius 1 is 1.15 bits per heavy atom. The monoisotopic (exact) mass is 386 g/mol. The molecule has 0 aliphatic carbocycles. The molecule has 1 atom stereocenters. The van der Waals surface area contributed by atoms with E-state index in [1.807, 2.05) is 32.0 Å². The molecule has 27 heavy (non-hydrogen) atoms. The molecule has 3 rings (SSSR count). The molecule has 2 aromatic carbocycles. The predicted molar refractivity (Wildman–Crippen MR) is 105 cm³/mol. The average molecular weight is 386 g/mol. The van der Waals surface area contributed by atoms with Crippen LogP contribution in [-0.4, -0.2) is 32.0 Å². The van der Waals surface area contributed by atoms with Crippen molar-refractivity contribution in [1.29, 1.82) is 0 Å². The topological polar surface area (TPSA) is 83.6 Å². The lowest BCUT2D eigenvalue weighted by atomic mass is 10.1. The van der Waals surface area contributed by atoms with Crippen molar-refractivity contribution in [3.8, 4) is 0 Å². The number of rotatable bonds is 3. The van der Waals surface area contributed by atoms with Crippen LogP contribution in [0.3, 0.4) is 0 Å². The van der Waals surface area contributed by atoms with Gasteiger partial charge >= 0.3 is 0 Å². The lowest BCUT2D eigenvalue weighted by Crippen LogP contribution is -2.38. The van der Waals surface area contributed by atoms with Crippen molar-refractivity contribution in [3.05, 3.63) is 53.6 Å². The molecule has 7 heteroatoms. The van der Waals surface area contributed by atoms with Crippen LogP contribution in [-0.2, 0) is 19.4 Å². The van der Waals surface area contributed by atoms with E-state index in [-0.39, 0.29) is 35.4 Å². The Bertz CT molecular complexity index is 994. The Labute approximate surface area is 159 Å². The highest BCUT2D eigenvalue weighted by Crippen LogP contribution is 2.33. The standard InChI is InChI=1S/C20H22N2O4S/c1-13-8-14(2)10-16(9-13)21-19(23)12-22-17-6-4-5-7-18(17)27(25,26)15(3)11-20(22)24/h4-10,15H,11-12H2,1-3H3,(H,21,23)/t15-/m0/s1. The molecule has 1 N–H and O–H groups in total. The minimum atomic E-state index is -3.62. The van der Waals surface area contributed by atoms with Crippen LogP contribution < -0.4 is 10.2 Å². The fourth-order valence-corrected chi connectivity index (χ4v) is 4.84. The maximum Gasteiger partial charge on any atom is 0.244 e. The van der Waals surface area contributed by atoms with Crippen molar-refractivity contribution in [3.63, 3.8) is 0 Å². The molecule has 0 saturated carbocycles. The maximum absolute atomic E-state index is 12.7. The van der Waals surface area contributed by atoms with Crippen LogP contribution in [0.25, 0.3) is 0 Å². The second kappa shape index (κ2) is 7.15. The van der Waals surface area contributed by atoms with Crippen molar-refractivity contribution in [2.24, 2.45) is 0 Å². The summed E-state index contributed by atoms with van der Waals surface area (Å²) in [6.45, 7) is 5.14. The average Bonchev–Trinajstić information content (AvgIpc) is 2.64. The largest absolute Gasteiger partial charge is 0.325 e. The Balaban J connectivity index is 1.91. The van der Waals surface area contributed by atoms with Gasteiger partial charge in [-0.05, 0) is 56.2 Å². The van der Waals surface area contributed by atoms with Gasteiger partial charge in [0.05, 0.1) is 15.8 Å². The summed E-state index contributed by atoms with van der Waals surface area (Å²) < 4.78 is 25.4. The Morgan fingerprint density at radius 3 is 2.44 bits per heavy atom. The third-order valence-corrected chi connectivity index (χ3v) is 6.75. The molecule has 0 spiro atoms. The number of amides is 2. The van der Waals surface area contributed by atoms with E-state index in [1.54, 1.807) is 18.2 Å². The minimum absolute atomic E-state index is 0.0857. The van der Waals surface area contributed by atoms with Gasteiger partial charge in [-0.1, -0.05) is 18.2 Å². The molecule has 2 aromatic rings. The zero-order chi connectivity index (χ0) is 19.8. The summed E-state index contributed by atoms with van der Waals surface area (Å²) in [7, 11) is -3.62. The number of carbonyl (C=O) groups is 2. The molecule has 0 saturated heterocycles. The Morgan fingerprint density at radius 2 is 1.78 bits per heavy atom. The van der Waals surface area contributed by atoms with Crippen molar-refractivity contribution in [1.82, 2.24) is 0 Å². The number of fused-ring (bicyclic) bond motifs is 1. The van der Waals surface area contributed by atoms with E-state index in [0.717, 1.165) is 11.1 Å². The molecule has 1 aliphatic rings. The SMILES string of the molecule is Cc1cc(C)cc(NC(=O)CN2C(=O)C[C@H](C)S(=O)(=O)c3ccccc32)c1. The number of nitrogens with one attached hydrogen (secondary N) is 1. The van der Waals surface area contributed by atoms with E-state index >= 15 is 0 Å². The van der Waals surface area contributed by atoms with Gasteiger partial charge in [-0.3, -0.25) is 9.59 Å². The van der Waals surface area contributed by atoms with Crippen LogP contribution in [0, 0.1) is 13.8 Å². The van der Waals surface area contributed by atoms with Crippen LogP contribution in [0.4, 0.5) is 11.4 Å². The first kappa shape index (κ1) is 19.1. The number of aryl methyl sites for hydroxylation is 2. The minimum Gasteiger partial charge on any atom is -0.325 e. The van der Waals surface area contributed by atoms with Crippen molar-refractivity contribution < 1.29 is 18.0 Å². The highest BCUT2D eigenvalue weighted by Gasteiger charge is 2.36. The fraction of sp³-hybridized carbons (Fsp3) is 0.300. The maximum atomic E-state index is 12.7. The second-order valence-corrected chi connectivity index (χ2v) is 9.27. The number of nitrogens with zero attached hydrogens (tertiary/aromatic N) is 1. The summed E-state index contributed by atoms with van der Waals surface area (Å²) in [4.78, 5) is 26.6. The summed E-state index contributed by atoms with van der Waals surface area (Å²) in [5.74, 6) is -0.762. The van der Waals surface area contributed by atoms with Gasteiger partial charge in [-0.25, -0.2) is 8.42 Å². The number of para-hydroxylation sites is 1. The molecular weight excluding hydrogens is 364 g/mol. The number of anilines is 2. The molecule has 0 fully saturated rings. The summed E-state index contributed by atoms with van der Waals surface area (Å²) in [6.07, 6.45) is -0.159. The third-order valence-electron chi connectivity index (χ3n) is 4.56. The van der Waals surface area contributed by atoms with Crippen LogP contribution in [0.15, 0.2) is 47.4 Å². The third kappa shape index (κ3) is 3.88. The summed E-state index contributed by atoms with van der Waals surface area (Å²) in [5, 5.41) is 1.96. The van der Waals surface area contributed by atoms with Crippen molar-refractivity contribution in [2.75, 3.05) is 16.8 Å². The molecular formula is C20H22N2O4S. The van der Waals surface area contributed by atoms with Gasteiger partial charge < -0.3 is 10.2 Å². The molecule has 0 bridgehead atoms. The zero-order valence-corrected chi connectivity index (χ0v) is 16.3. The number of carbonyl (C=O) groups excluding carboxylic acids is 2. The van der Waals surface area contributed by atoms with Crippen molar-refractivity contribution in [2.45, 2.75) is 37.3 Å². The highest BCUT2D eigenvalue weighted by molar-refractivity contribution is 7.92. The summed E-state index contributed by atoms with van der Waals surface area (Å²) >= 11 is 0. The quantitative estimate of drug-likeness (QED) is 0.879. The molecule has 6 nitrogen and oxygen atoms in total. The predicted octanol–water partition coefficient (Wildman–Crippen LogP) is 2.84. The van der Waals surface area contributed by atoms with Crippen molar-refractivity contribution >= 4 is 33.0 Å². The van der Waals surface area contributed by atoms with E-state index in [4.69, 9.17) is 0 Å². The number of hydrogen-bond acceptors (Lipinski definition) is 4. The van der Waals surface area contributed by atoms with Crippen LogP contribution >= 0.6 is 0 Å². The fourth-order valence-electron chi connectivity index (χ4n) is 3.30. The highest BCUT2D eigenvalue weighted by atomic mass is 32.2. The van der Waals surface area contributed by atoms with Gasteiger partial charge in [0.15, 0.2) is 9.84 Å². The van der Waals surface area contributed by atoms with E-state index < -0.39 is 15.1 Å². The number of sulfone groups is 1. The second-order valence-electron chi connectivity index (χ2n) is 6.93. The van der Waals surface area contributed by atoms with E-state index in [2.05, 4.69) is 5.32 Å². The summed E-state index contributed by atoms with van der Waals surface area (Å²) in [6, 6.07) is 12.0. The van der Waals surface area contributed by atoms with E-state index in [0.29, 0.717) is 5.69 Å². The first-order valence-corrected chi connectivity index (χ1v) is 10.2. The van der Waals surface area contributed by atoms with E-state index in [9.17, 15) is 18.0 Å². The van der Waals surface area contributed by atoms with Gasteiger partial charge in [0.25, 0.3) is 0 Å². The van der Waals surface area contributed by atoms with Gasteiger partial charge in [0.2, 0.25) is 11.8 Å². The molecule has 0 aromatic heterocycles.